The number of aromatic nitrogens is 1. The zero-order chi connectivity index (χ0) is 17.2. The maximum Gasteiger partial charge on any atom is 0.254 e. The van der Waals surface area contributed by atoms with E-state index in [4.69, 9.17) is 0 Å². The van der Waals surface area contributed by atoms with E-state index in [1.165, 1.54) is 12.1 Å². The van der Waals surface area contributed by atoms with Gasteiger partial charge in [-0.05, 0) is 66.9 Å². The van der Waals surface area contributed by atoms with Gasteiger partial charge < -0.3 is 9.47 Å². The first-order chi connectivity index (χ1) is 12.2. The van der Waals surface area contributed by atoms with Crippen molar-refractivity contribution in [2.24, 2.45) is 0 Å². The van der Waals surface area contributed by atoms with Gasteiger partial charge in [0.05, 0.1) is 0 Å². The van der Waals surface area contributed by atoms with Gasteiger partial charge in [-0.1, -0.05) is 12.1 Å². The first-order valence-electron chi connectivity index (χ1n) is 8.49. The average Bonchev–Trinajstić information content (AvgIpc) is 3.34. The summed E-state index contributed by atoms with van der Waals surface area (Å²) >= 11 is 0. The zero-order valence-corrected chi connectivity index (χ0v) is 13.8. The predicted molar refractivity (Wildman–Crippen MR) is 95.1 cm³/mol. The van der Waals surface area contributed by atoms with Gasteiger partial charge in [0.15, 0.2) is 0 Å². The number of halogens is 1. The van der Waals surface area contributed by atoms with Crippen LogP contribution in [0, 0.1) is 5.82 Å². The highest BCUT2D eigenvalue weighted by Gasteiger charge is 2.33. The molecule has 0 spiro atoms. The van der Waals surface area contributed by atoms with Crippen molar-refractivity contribution in [1.29, 1.82) is 0 Å². The first kappa shape index (κ1) is 15.6. The smallest absolute Gasteiger partial charge is 0.254 e. The van der Waals surface area contributed by atoms with Crippen molar-refractivity contribution in [1.82, 2.24) is 9.47 Å². The van der Waals surface area contributed by atoms with Gasteiger partial charge in [-0.2, -0.15) is 0 Å². The van der Waals surface area contributed by atoms with E-state index < -0.39 is 0 Å². The molecule has 1 heterocycles. The van der Waals surface area contributed by atoms with Crippen LogP contribution >= 0.6 is 0 Å². The number of rotatable bonds is 5. The zero-order valence-electron chi connectivity index (χ0n) is 13.8. The van der Waals surface area contributed by atoms with Crippen LogP contribution in [0.25, 0.3) is 5.69 Å². The lowest BCUT2D eigenvalue weighted by Crippen LogP contribution is -2.32. The molecule has 3 nitrogen and oxygen atoms in total. The second kappa shape index (κ2) is 6.55. The molecule has 3 aromatic rings. The molecule has 126 valence electrons. The molecule has 2 aromatic carbocycles. The summed E-state index contributed by atoms with van der Waals surface area (Å²) in [5.41, 5.74) is 2.66. The van der Waals surface area contributed by atoms with E-state index in [2.05, 4.69) is 0 Å². The van der Waals surface area contributed by atoms with Crippen LogP contribution in [-0.4, -0.2) is 21.4 Å². The molecule has 1 saturated carbocycles. The minimum atomic E-state index is -0.256. The van der Waals surface area contributed by atoms with Gasteiger partial charge in [-0.25, -0.2) is 4.39 Å². The lowest BCUT2D eigenvalue weighted by molar-refractivity contribution is 0.0730. The van der Waals surface area contributed by atoms with Crippen LogP contribution in [0.5, 0.6) is 0 Å². The Balaban J connectivity index is 1.53. The van der Waals surface area contributed by atoms with Crippen LogP contribution in [0.2, 0.25) is 0 Å². The topological polar surface area (TPSA) is 25.2 Å². The van der Waals surface area contributed by atoms with Gasteiger partial charge in [-0.3, -0.25) is 4.79 Å². The van der Waals surface area contributed by atoms with E-state index in [1.807, 2.05) is 58.3 Å². The third-order valence-electron chi connectivity index (χ3n) is 4.53. The fourth-order valence-corrected chi connectivity index (χ4v) is 2.99. The Labute approximate surface area is 146 Å². The van der Waals surface area contributed by atoms with E-state index in [-0.39, 0.29) is 11.7 Å². The Kier molecular flexibility index (Phi) is 4.10. The van der Waals surface area contributed by atoms with E-state index in [0.29, 0.717) is 18.2 Å². The third-order valence-corrected chi connectivity index (χ3v) is 4.53. The van der Waals surface area contributed by atoms with Crippen molar-refractivity contribution in [3.8, 4) is 5.69 Å². The molecule has 1 aliphatic carbocycles. The van der Waals surface area contributed by atoms with E-state index in [9.17, 15) is 9.18 Å². The molecule has 4 heteroatoms. The number of amides is 1. The molecule has 0 N–H and O–H groups in total. The van der Waals surface area contributed by atoms with Crippen molar-refractivity contribution in [3.05, 3.63) is 90.0 Å². The summed E-state index contributed by atoms with van der Waals surface area (Å²) in [6.45, 7) is 0.517. The van der Waals surface area contributed by atoms with Crippen LogP contribution in [-0.2, 0) is 6.54 Å². The number of benzene rings is 2. The van der Waals surface area contributed by atoms with Gasteiger partial charge in [-0.15, -0.1) is 0 Å². The molecule has 0 unspecified atom stereocenters. The highest BCUT2D eigenvalue weighted by molar-refractivity contribution is 5.94. The van der Waals surface area contributed by atoms with Gasteiger partial charge >= 0.3 is 0 Å². The maximum absolute atomic E-state index is 13.1. The van der Waals surface area contributed by atoms with Crippen molar-refractivity contribution < 1.29 is 9.18 Å². The highest BCUT2D eigenvalue weighted by atomic mass is 19.1. The van der Waals surface area contributed by atoms with Gasteiger partial charge in [0.2, 0.25) is 0 Å². The molecule has 4 rings (SSSR count). The molecule has 1 aliphatic rings. The molecule has 0 bridgehead atoms. The molecule has 0 radical (unpaired) electrons. The fourth-order valence-electron chi connectivity index (χ4n) is 2.99. The van der Waals surface area contributed by atoms with Crippen molar-refractivity contribution in [2.75, 3.05) is 0 Å². The summed E-state index contributed by atoms with van der Waals surface area (Å²) in [6.07, 6.45) is 6.02. The van der Waals surface area contributed by atoms with Crippen LogP contribution in [0.1, 0.15) is 28.8 Å². The fraction of sp³-hybridized carbons (Fsp3) is 0.190. The van der Waals surface area contributed by atoms with Gasteiger partial charge in [0.25, 0.3) is 5.91 Å². The molecule has 0 saturated heterocycles. The number of hydrogen-bond donors (Lipinski definition) is 0. The van der Waals surface area contributed by atoms with Crippen molar-refractivity contribution in [3.63, 3.8) is 0 Å². The SMILES string of the molecule is O=C(c1ccc(-n2cccc2)cc1)N(Cc1ccc(F)cc1)C1CC1. The summed E-state index contributed by atoms with van der Waals surface area (Å²) in [5.74, 6) is -0.223. The second-order valence-corrected chi connectivity index (χ2v) is 6.43. The predicted octanol–water partition coefficient (Wildman–Crippen LogP) is 4.42. The quantitative estimate of drug-likeness (QED) is 0.678. The Morgan fingerprint density at radius 1 is 1.00 bits per heavy atom. The molecule has 0 atom stereocenters. The summed E-state index contributed by atoms with van der Waals surface area (Å²) in [4.78, 5) is 14.8. The summed E-state index contributed by atoms with van der Waals surface area (Å²) in [6, 6.07) is 18.3. The van der Waals surface area contributed by atoms with Crippen molar-refractivity contribution in [2.45, 2.75) is 25.4 Å². The van der Waals surface area contributed by atoms with Crippen LogP contribution in [0.4, 0.5) is 4.39 Å². The van der Waals surface area contributed by atoms with E-state index in [1.54, 1.807) is 12.1 Å². The van der Waals surface area contributed by atoms with E-state index in [0.717, 1.165) is 24.1 Å². The first-order valence-corrected chi connectivity index (χ1v) is 8.49. The Bertz CT molecular complexity index is 850. The van der Waals surface area contributed by atoms with E-state index >= 15 is 0 Å². The lowest BCUT2D eigenvalue weighted by atomic mass is 10.1. The molecule has 0 aliphatic heterocycles. The standard InChI is InChI=1S/C21H19FN2O/c22-18-7-3-16(4-8-18)15-24(20-11-12-20)21(25)17-5-9-19(10-6-17)23-13-1-2-14-23/h1-10,13-14,20H,11-12,15H2. The average molecular weight is 334 g/mol. The number of hydrogen-bond acceptors (Lipinski definition) is 1. The summed E-state index contributed by atoms with van der Waals surface area (Å²) in [7, 11) is 0. The van der Waals surface area contributed by atoms with Crippen molar-refractivity contribution >= 4 is 5.91 Å². The lowest BCUT2D eigenvalue weighted by Gasteiger charge is -2.23. The Morgan fingerprint density at radius 2 is 1.64 bits per heavy atom. The molecule has 1 fully saturated rings. The second-order valence-electron chi connectivity index (χ2n) is 6.43. The highest BCUT2D eigenvalue weighted by Crippen LogP contribution is 2.30. The normalized spacial score (nSPS) is 13.6. The van der Waals surface area contributed by atoms with Crippen LogP contribution in [0.3, 0.4) is 0 Å². The number of carbonyl (C=O) groups excluding carboxylic acids is 1. The van der Waals surface area contributed by atoms with Crippen LogP contribution < -0.4 is 0 Å². The molecule has 25 heavy (non-hydrogen) atoms. The largest absolute Gasteiger partial charge is 0.331 e. The van der Waals surface area contributed by atoms with Gasteiger partial charge in [0.1, 0.15) is 5.82 Å². The number of carbonyl (C=O) groups is 1. The molecule has 1 amide bonds. The maximum atomic E-state index is 13.1. The molecule has 1 aromatic heterocycles. The Morgan fingerprint density at radius 3 is 2.24 bits per heavy atom. The summed E-state index contributed by atoms with van der Waals surface area (Å²) in [5, 5.41) is 0. The number of nitrogens with zero attached hydrogens (tertiary/aromatic N) is 2. The Hall–Kier alpha value is -2.88. The van der Waals surface area contributed by atoms with Gasteiger partial charge in [0, 0.05) is 36.2 Å². The molecular weight excluding hydrogens is 315 g/mol. The third kappa shape index (κ3) is 3.48. The molecular formula is C21H19FN2O. The minimum absolute atomic E-state index is 0.0332. The monoisotopic (exact) mass is 334 g/mol. The minimum Gasteiger partial charge on any atom is -0.331 e. The van der Waals surface area contributed by atoms with Crippen LogP contribution in [0.15, 0.2) is 73.1 Å². The summed E-state index contributed by atoms with van der Waals surface area (Å²) < 4.78 is 15.1.